The van der Waals surface area contributed by atoms with E-state index >= 15 is 0 Å². The molecule has 15 unspecified atom stereocenters. The van der Waals surface area contributed by atoms with Gasteiger partial charge in [0.05, 0.1) is 36.4 Å². The number of hydrogen-bond donors (Lipinski definition) is 4. The van der Waals surface area contributed by atoms with Gasteiger partial charge >= 0.3 is 17.9 Å². The quantitative estimate of drug-likeness (QED) is 0.0726. The first-order valence-corrected chi connectivity index (χ1v) is 21.9. The predicted octanol–water partition coefficient (Wildman–Crippen LogP) is 6.12. The van der Waals surface area contributed by atoms with Crippen LogP contribution in [0.2, 0.25) is 0 Å². The van der Waals surface area contributed by atoms with Gasteiger partial charge in [-0.2, -0.15) is 0 Å². The zero-order valence-electron chi connectivity index (χ0n) is 37.5. The zero-order valence-corrected chi connectivity index (χ0v) is 37.5. The largest absolute Gasteiger partial charge is 0.465 e. The molecule has 4 saturated carbocycles. The number of aliphatic hydroxyl groups excluding tert-OH is 4. The number of carbonyl (C=O) groups is 3. The highest BCUT2D eigenvalue weighted by atomic mass is 16.7. The van der Waals surface area contributed by atoms with Crippen LogP contribution in [0.1, 0.15) is 128 Å². The molecular weight excluding hydrogens is 757 g/mol. The monoisotopic (exact) mass is 829 g/mol. The Labute approximate surface area is 351 Å². The van der Waals surface area contributed by atoms with Crippen LogP contribution in [-0.4, -0.2) is 101 Å². The van der Waals surface area contributed by atoms with Crippen molar-refractivity contribution in [2.24, 2.45) is 50.2 Å². The highest BCUT2D eigenvalue weighted by Gasteiger charge is 2.73. The molecule has 5 aliphatic carbocycles. The van der Waals surface area contributed by atoms with Crippen molar-refractivity contribution < 1.29 is 58.5 Å². The van der Waals surface area contributed by atoms with Crippen LogP contribution in [0.15, 0.2) is 34.9 Å². The average molecular weight is 829 g/mol. The summed E-state index contributed by atoms with van der Waals surface area (Å²) in [5.74, 6) is -1.62. The van der Waals surface area contributed by atoms with Crippen LogP contribution in [0.3, 0.4) is 0 Å². The van der Waals surface area contributed by atoms with Crippen LogP contribution >= 0.6 is 0 Å². The molecule has 1 saturated heterocycles. The number of ether oxygens (including phenoxy) is 5. The van der Waals surface area contributed by atoms with Crippen LogP contribution in [0.25, 0.3) is 0 Å². The molecule has 0 aromatic carbocycles. The van der Waals surface area contributed by atoms with Crippen LogP contribution in [0.5, 0.6) is 0 Å². The molecule has 4 N–H and O–H groups in total. The number of carbonyl (C=O) groups excluding carboxylic acids is 3. The second-order valence-corrected chi connectivity index (χ2v) is 21.0. The number of rotatable bonds is 8. The van der Waals surface area contributed by atoms with Crippen molar-refractivity contribution in [3.63, 3.8) is 0 Å². The van der Waals surface area contributed by atoms with E-state index in [1.807, 2.05) is 13.8 Å². The van der Waals surface area contributed by atoms with Crippen molar-refractivity contribution in [1.82, 2.24) is 0 Å². The zero-order chi connectivity index (χ0) is 43.8. The maximum absolute atomic E-state index is 13.0. The summed E-state index contributed by atoms with van der Waals surface area (Å²) in [4.78, 5) is 38.4. The van der Waals surface area contributed by atoms with Gasteiger partial charge in [0.2, 0.25) is 0 Å². The summed E-state index contributed by atoms with van der Waals surface area (Å²) in [5, 5.41) is 48.6. The average Bonchev–Trinajstić information content (AvgIpc) is 3.16. The lowest BCUT2D eigenvalue weighted by Gasteiger charge is -2.72. The summed E-state index contributed by atoms with van der Waals surface area (Å²) in [6, 6.07) is 0. The SMILES string of the molecule is CC=C(C)C(=O)OC1COC(OC2C(O)C3(COC(C)=O)C(O)CC4(C)C(=CCC5C6(C)CCC(O)C(C)(C)C6CCC54C)C3CC2(C)C)C(O)C1OC(=O)C(C)=CC. The maximum atomic E-state index is 13.0. The van der Waals surface area contributed by atoms with Crippen molar-refractivity contribution >= 4 is 17.9 Å². The van der Waals surface area contributed by atoms with E-state index in [2.05, 4.69) is 40.7 Å². The summed E-state index contributed by atoms with van der Waals surface area (Å²) in [6.45, 7) is 22.9. The molecule has 332 valence electrons. The Morgan fingerprint density at radius 1 is 0.831 bits per heavy atom. The standard InChI is InChI=1S/C47H72O12/c1-13-25(3)39(53)57-30-23-55-41(35(51)36(30)58-40(54)26(4)14-2)59-38-37(52)47(24-56-27(5)48)29(21-42(38,6)7)28-15-16-32-44(10)19-18-33(49)43(8,9)31(44)17-20-45(32,11)46(28,12)22-34(47)50/h13-15,29-38,41,49-52H,16-24H2,1-12H3. The van der Waals surface area contributed by atoms with Gasteiger partial charge in [-0.05, 0) is 117 Å². The molecular formula is C47H72O12. The van der Waals surface area contributed by atoms with Gasteiger partial charge in [-0.3, -0.25) is 4.79 Å². The van der Waals surface area contributed by atoms with Gasteiger partial charge < -0.3 is 44.1 Å². The lowest BCUT2D eigenvalue weighted by molar-refractivity contribution is -0.329. The second-order valence-electron chi connectivity index (χ2n) is 21.0. The Morgan fingerprint density at radius 2 is 1.46 bits per heavy atom. The summed E-state index contributed by atoms with van der Waals surface area (Å²) < 4.78 is 29.9. The second kappa shape index (κ2) is 15.9. The fourth-order valence-corrected chi connectivity index (χ4v) is 13.3. The Kier molecular flexibility index (Phi) is 12.4. The Balaban J connectivity index is 1.35. The molecule has 0 aromatic heterocycles. The summed E-state index contributed by atoms with van der Waals surface area (Å²) in [5.41, 5.74) is -1.21. The van der Waals surface area contributed by atoms with E-state index in [1.54, 1.807) is 39.8 Å². The smallest absolute Gasteiger partial charge is 0.333 e. The highest BCUT2D eigenvalue weighted by molar-refractivity contribution is 5.88. The Bertz CT molecular complexity index is 1750. The molecule has 12 heteroatoms. The van der Waals surface area contributed by atoms with Crippen molar-refractivity contribution in [3.05, 3.63) is 34.9 Å². The van der Waals surface area contributed by atoms with E-state index in [9.17, 15) is 34.8 Å². The van der Waals surface area contributed by atoms with Gasteiger partial charge in [0.15, 0.2) is 18.5 Å². The fraction of sp³-hybridized carbons (Fsp3) is 0.809. The molecule has 0 radical (unpaired) electrons. The van der Waals surface area contributed by atoms with Crippen molar-refractivity contribution in [2.45, 2.75) is 177 Å². The van der Waals surface area contributed by atoms with Crippen LogP contribution in [0, 0.1) is 50.2 Å². The predicted molar refractivity (Wildman–Crippen MR) is 219 cm³/mol. The number of allylic oxidation sites excluding steroid dienone is 4. The molecule has 0 bridgehead atoms. The maximum Gasteiger partial charge on any atom is 0.333 e. The van der Waals surface area contributed by atoms with Gasteiger partial charge in [0.1, 0.15) is 12.7 Å². The summed E-state index contributed by atoms with van der Waals surface area (Å²) >= 11 is 0. The minimum absolute atomic E-state index is 0.0102. The van der Waals surface area contributed by atoms with Crippen LogP contribution < -0.4 is 0 Å². The van der Waals surface area contributed by atoms with Gasteiger partial charge in [-0.25, -0.2) is 9.59 Å². The third-order valence-corrected chi connectivity index (χ3v) is 17.3. The lowest BCUT2D eigenvalue weighted by atomic mass is 9.33. The molecule has 12 nitrogen and oxygen atoms in total. The van der Waals surface area contributed by atoms with Gasteiger partial charge in [-0.1, -0.05) is 72.3 Å². The molecule has 0 spiro atoms. The van der Waals surface area contributed by atoms with E-state index in [-0.39, 0.29) is 47.1 Å². The van der Waals surface area contributed by atoms with E-state index in [0.29, 0.717) is 30.3 Å². The van der Waals surface area contributed by atoms with Crippen LogP contribution in [0.4, 0.5) is 0 Å². The van der Waals surface area contributed by atoms with Gasteiger partial charge in [0.25, 0.3) is 0 Å². The molecule has 0 amide bonds. The molecule has 59 heavy (non-hydrogen) atoms. The topological polar surface area (TPSA) is 178 Å². The first-order chi connectivity index (χ1) is 27.4. The van der Waals surface area contributed by atoms with Crippen molar-refractivity contribution in [2.75, 3.05) is 13.2 Å². The molecule has 1 aliphatic heterocycles. The molecule has 0 aromatic rings. The van der Waals surface area contributed by atoms with Gasteiger partial charge in [-0.15, -0.1) is 0 Å². The van der Waals surface area contributed by atoms with Crippen LogP contribution in [-0.2, 0) is 38.1 Å². The Hall–Kier alpha value is -2.61. The number of aliphatic hydroxyl groups is 4. The lowest BCUT2D eigenvalue weighted by Crippen LogP contribution is -2.72. The Morgan fingerprint density at radius 3 is 2.07 bits per heavy atom. The highest BCUT2D eigenvalue weighted by Crippen LogP contribution is 2.76. The third-order valence-electron chi connectivity index (χ3n) is 17.3. The molecule has 6 rings (SSSR count). The van der Waals surface area contributed by atoms with E-state index in [1.165, 1.54) is 12.5 Å². The normalized spacial score (nSPS) is 45.4. The van der Waals surface area contributed by atoms with E-state index in [4.69, 9.17) is 23.7 Å². The van der Waals surface area contributed by atoms with Crippen molar-refractivity contribution in [3.8, 4) is 0 Å². The minimum Gasteiger partial charge on any atom is -0.465 e. The molecule has 6 aliphatic rings. The number of hydrogen-bond acceptors (Lipinski definition) is 12. The third kappa shape index (κ3) is 7.17. The minimum atomic E-state index is -1.63. The first-order valence-electron chi connectivity index (χ1n) is 21.9. The molecule has 15 atom stereocenters. The van der Waals surface area contributed by atoms with Gasteiger partial charge in [0, 0.05) is 18.1 Å². The summed E-state index contributed by atoms with van der Waals surface area (Å²) in [7, 11) is 0. The van der Waals surface area contributed by atoms with E-state index < -0.39 is 77.1 Å². The number of esters is 3. The van der Waals surface area contributed by atoms with E-state index in [0.717, 1.165) is 32.1 Å². The molecule has 5 fully saturated rings. The summed E-state index contributed by atoms with van der Waals surface area (Å²) in [6.07, 6.45) is 1.30. The fourth-order valence-electron chi connectivity index (χ4n) is 13.3. The molecule has 1 heterocycles. The number of fused-ring (bicyclic) bond motifs is 7. The first kappa shape index (κ1) is 45.9. The van der Waals surface area contributed by atoms with Crippen molar-refractivity contribution in [1.29, 1.82) is 0 Å².